The normalized spacial score (nSPS) is 12.4. The van der Waals surface area contributed by atoms with Crippen molar-refractivity contribution in [3.05, 3.63) is 23.2 Å². The molecule has 0 aliphatic carbocycles. The van der Waals surface area contributed by atoms with Gasteiger partial charge in [-0.3, -0.25) is 4.90 Å². The first-order valence-electron chi connectivity index (χ1n) is 7.41. The van der Waals surface area contributed by atoms with Gasteiger partial charge in [-0.25, -0.2) is 0 Å². The number of rotatable bonds is 7. The average molecular weight is 266 g/mol. The SMILES string of the molecule is CCCN(CC)Cc1cc(CNC(C)(C)C)oc1C. The molecule has 0 aliphatic rings. The highest BCUT2D eigenvalue weighted by Crippen LogP contribution is 2.17. The fraction of sp³-hybridized carbons (Fsp3) is 0.750. The third-order valence-corrected chi connectivity index (χ3v) is 3.25. The summed E-state index contributed by atoms with van der Waals surface area (Å²) in [4.78, 5) is 2.46. The maximum Gasteiger partial charge on any atom is 0.118 e. The lowest BCUT2D eigenvalue weighted by Crippen LogP contribution is -2.34. The van der Waals surface area contributed by atoms with Gasteiger partial charge >= 0.3 is 0 Å². The molecule has 0 aliphatic heterocycles. The van der Waals surface area contributed by atoms with Gasteiger partial charge in [-0.05, 0) is 53.3 Å². The predicted molar refractivity (Wildman–Crippen MR) is 81.3 cm³/mol. The first-order valence-corrected chi connectivity index (χ1v) is 7.41. The molecular formula is C16H30N2O. The molecule has 0 fully saturated rings. The van der Waals surface area contributed by atoms with Crippen LogP contribution in [0.25, 0.3) is 0 Å². The molecule has 0 aromatic carbocycles. The lowest BCUT2D eigenvalue weighted by atomic mass is 10.1. The maximum atomic E-state index is 5.84. The Morgan fingerprint density at radius 2 is 1.95 bits per heavy atom. The average Bonchev–Trinajstić information content (AvgIpc) is 2.66. The summed E-state index contributed by atoms with van der Waals surface area (Å²) in [5.74, 6) is 2.09. The number of aryl methyl sites for hydroxylation is 1. The van der Waals surface area contributed by atoms with Gasteiger partial charge in [0, 0.05) is 17.6 Å². The Bertz CT molecular complexity index is 377. The van der Waals surface area contributed by atoms with Crippen LogP contribution in [0, 0.1) is 6.92 Å². The van der Waals surface area contributed by atoms with Gasteiger partial charge < -0.3 is 9.73 Å². The molecule has 0 atom stereocenters. The van der Waals surface area contributed by atoms with Crippen molar-refractivity contribution in [3.8, 4) is 0 Å². The topological polar surface area (TPSA) is 28.4 Å². The van der Waals surface area contributed by atoms with E-state index in [0.717, 1.165) is 37.7 Å². The van der Waals surface area contributed by atoms with E-state index in [0.29, 0.717) is 0 Å². The summed E-state index contributed by atoms with van der Waals surface area (Å²) in [7, 11) is 0. The van der Waals surface area contributed by atoms with E-state index >= 15 is 0 Å². The summed E-state index contributed by atoms with van der Waals surface area (Å²) < 4.78 is 5.84. The minimum Gasteiger partial charge on any atom is -0.465 e. The molecule has 1 rings (SSSR count). The largest absolute Gasteiger partial charge is 0.465 e. The minimum absolute atomic E-state index is 0.124. The third-order valence-electron chi connectivity index (χ3n) is 3.25. The van der Waals surface area contributed by atoms with Crippen LogP contribution in [-0.4, -0.2) is 23.5 Å². The monoisotopic (exact) mass is 266 g/mol. The Balaban J connectivity index is 2.63. The molecule has 19 heavy (non-hydrogen) atoms. The molecule has 110 valence electrons. The van der Waals surface area contributed by atoms with E-state index in [1.165, 1.54) is 12.0 Å². The van der Waals surface area contributed by atoms with E-state index in [-0.39, 0.29) is 5.54 Å². The Morgan fingerprint density at radius 3 is 2.47 bits per heavy atom. The Morgan fingerprint density at radius 1 is 1.26 bits per heavy atom. The second-order valence-corrected chi connectivity index (χ2v) is 6.27. The van der Waals surface area contributed by atoms with Crippen molar-refractivity contribution >= 4 is 0 Å². The van der Waals surface area contributed by atoms with E-state index < -0.39 is 0 Å². The third kappa shape index (κ3) is 5.79. The molecule has 3 nitrogen and oxygen atoms in total. The zero-order valence-corrected chi connectivity index (χ0v) is 13.5. The van der Waals surface area contributed by atoms with Crippen LogP contribution in [0.5, 0.6) is 0 Å². The zero-order valence-electron chi connectivity index (χ0n) is 13.5. The van der Waals surface area contributed by atoms with Gasteiger partial charge in [0.1, 0.15) is 11.5 Å². The van der Waals surface area contributed by atoms with Gasteiger partial charge in [0.2, 0.25) is 0 Å². The second kappa shape index (κ2) is 7.11. The molecule has 1 aromatic rings. The first kappa shape index (κ1) is 16.3. The summed E-state index contributed by atoms with van der Waals surface area (Å²) in [6, 6.07) is 2.20. The maximum absolute atomic E-state index is 5.84. The number of furan rings is 1. The summed E-state index contributed by atoms with van der Waals surface area (Å²) in [6.45, 7) is 17.0. The van der Waals surface area contributed by atoms with Gasteiger partial charge in [-0.15, -0.1) is 0 Å². The molecule has 0 saturated heterocycles. The van der Waals surface area contributed by atoms with Crippen LogP contribution in [0.4, 0.5) is 0 Å². The van der Waals surface area contributed by atoms with Gasteiger partial charge in [0.05, 0.1) is 6.54 Å². The van der Waals surface area contributed by atoms with Gasteiger partial charge in [-0.2, -0.15) is 0 Å². The Labute approximate surface area is 118 Å². The van der Waals surface area contributed by atoms with Crippen LogP contribution in [0.2, 0.25) is 0 Å². The molecule has 0 spiro atoms. The van der Waals surface area contributed by atoms with Gasteiger partial charge in [0.25, 0.3) is 0 Å². The summed E-state index contributed by atoms with van der Waals surface area (Å²) >= 11 is 0. The van der Waals surface area contributed by atoms with Crippen LogP contribution in [0.1, 0.15) is 58.1 Å². The predicted octanol–water partition coefficient (Wildman–Crippen LogP) is 3.71. The molecule has 0 amide bonds. The molecule has 0 saturated carbocycles. The summed E-state index contributed by atoms with van der Waals surface area (Å²) in [5.41, 5.74) is 1.44. The number of nitrogens with one attached hydrogen (secondary N) is 1. The van der Waals surface area contributed by atoms with Crippen molar-refractivity contribution < 1.29 is 4.42 Å². The summed E-state index contributed by atoms with van der Waals surface area (Å²) in [6.07, 6.45) is 1.20. The molecule has 0 radical (unpaired) electrons. The van der Waals surface area contributed by atoms with E-state index in [4.69, 9.17) is 4.42 Å². The van der Waals surface area contributed by atoms with Crippen molar-refractivity contribution in [1.29, 1.82) is 0 Å². The molecular weight excluding hydrogens is 236 g/mol. The van der Waals surface area contributed by atoms with Gasteiger partial charge in [-0.1, -0.05) is 13.8 Å². The molecule has 3 heteroatoms. The standard InChI is InChI=1S/C16H30N2O/c1-7-9-18(8-2)12-14-10-15(19-13(14)3)11-17-16(4,5)6/h10,17H,7-9,11-12H2,1-6H3. The lowest BCUT2D eigenvalue weighted by Gasteiger charge is -2.19. The number of hydrogen-bond acceptors (Lipinski definition) is 3. The first-order chi connectivity index (χ1) is 8.85. The summed E-state index contributed by atoms with van der Waals surface area (Å²) in [5, 5.41) is 3.46. The van der Waals surface area contributed by atoms with Crippen LogP contribution in [-0.2, 0) is 13.1 Å². The Kier molecular flexibility index (Phi) is 6.08. The molecule has 1 N–H and O–H groups in total. The minimum atomic E-state index is 0.124. The number of hydrogen-bond donors (Lipinski definition) is 1. The van der Waals surface area contributed by atoms with Crippen molar-refractivity contribution in [1.82, 2.24) is 10.2 Å². The van der Waals surface area contributed by atoms with Crippen LogP contribution in [0.15, 0.2) is 10.5 Å². The van der Waals surface area contributed by atoms with E-state index in [1.54, 1.807) is 0 Å². The van der Waals surface area contributed by atoms with Crippen LogP contribution in [0.3, 0.4) is 0 Å². The second-order valence-electron chi connectivity index (χ2n) is 6.27. The highest BCUT2D eigenvalue weighted by molar-refractivity contribution is 5.20. The Hall–Kier alpha value is -0.800. The van der Waals surface area contributed by atoms with Gasteiger partial charge in [0.15, 0.2) is 0 Å². The van der Waals surface area contributed by atoms with E-state index in [9.17, 15) is 0 Å². The fourth-order valence-electron chi connectivity index (χ4n) is 2.09. The van der Waals surface area contributed by atoms with E-state index in [1.807, 2.05) is 0 Å². The van der Waals surface area contributed by atoms with Crippen molar-refractivity contribution in [2.24, 2.45) is 0 Å². The lowest BCUT2D eigenvalue weighted by molar-refractivity contribution is 0.278. The van der Waals surface area contributed by atoms with Crippen LogP contribution >= 0.6 is 0 Å². The fourth-order valence-corrected chi connectivity index (χ4v) is 2.09. The zero-order chi connectivity index (χ0) is 14.5. The van der Waals surface area contributed by atoms with Crippen molar-refractivity contribution in [2.75, 3.05) is 13.1 Å². The molecule has 0 unspecified atom stereocenters. The highest BCUT2D eigenvalue weighted by Gasteiger charge is 2.13. The number of nitrogens with zero attached hydrogens (tertiary/aromatic N) is 1. The van der Waals surface area contributed by atoms with Crippen molar-refractivity contribution in [3.63, 3.8) is 0 Å². The molecule has 1 aromatic heterocycles. The molecule has 1 heterocycles. The molecule has 0 bridgehead atoms. The van der Waals surface area contributed by atoms with E-state index in [2.05, 4.69) is 57.8 Å². The van der Waals surface area contributed by atoms with Crippen molar-refractivity contribution in [2.45, 2.75) is 66.6 Å². The highest BCUT2D eigenvalue weighted by atomic mass is 16.3. The smallest absolute Gasteiger partial charge is 0.118 e. The quantitative estimate of drug-likeness (QED) is 0.815. The van der Waals surface area contributed by atoms with Crippen LogP contribution < -0.4 is 5.32 Å².